The van der Waals surface area contributed by atoms with Crippen molar-refractivity contribution in [2.24, 2.45) is 0 Å². The number of nitrogens with zero attached hydrogens (tertiary/aromatic N) is 1. The SMILES string of the molecule is C=CCn1cc2c(c1)C(O)CCCC2. The minimum absolute atomic E-state index is 0.251. The Balaban J connectivity index is 2.29. The lowest BCUT2D eigenvalue weighted by atomic mass is 10.1. The number of aryl methyl sites for hydroxylation is 1. The standard InChI is InChI=1S/C12H17NO/c1-2-7-13-8-10-5-3-4-6-12(14)11(10)9-13/h2,8-9,12,14H,1,3-7H2. The van der Waals surface area contributed by atoms with E-state index in [0.29, 0.717) is 0 Å². The maximum atomic E-state index is 9.88. The molecule has 0 spiro atoms. The van der Waals surface area contributed by atoms with Gasteiger partial charge in [-0.05, 0) is 24.8 Å². The smallest absolute Gasteiger partial charge is 0.0807 e. The largest absolute Gasteiger partial charge is 0.388 e. The van der Waals surface area contributed by atoms with Gasteiger partial charge in [0.15, 0.2) is 0 Å². The van der Waals surface area contributed by atoms with E-state index in [9.17, 15) is 5.11 Å². The zero-order chi connectivity index (χ0) is 9.97. The summed E-state index contributed by atoms with van der Waals surface area (Å²) in [5, 5.41) is 9.88. The van der Waals surface area contributed by atoms with Gasteiger partial charge >= 0.3 is 0 Å². The lowest BCUT2D eigenvalue weighted by Crippen LogP contribution is -1.95. The Bertz CT molecular complexity index is 327. The van der Waals surface area contributed by atoms with Crippen molar-refractivity contribution in [3.05, 3.63) is 36.2 Å². The molecule has 0 saturated heterocycles. The van der Waals surface area contributed by atoms with Crippen LogP contribution in [-0.4, -0.2) is 9.67 Å². The van der Waals surface area contributed by atoms with Gasteiger partial charge in [0.25, 0.3) is 0 Å². The molecule has 0 amide bonds. The van der Waals surface area contributed by atoms with E-state index >= 15 is 0 Å². The minimum Gasteiger partial charge on any atom is -0.388 e. The third-order valence-electron chi connectivity index (χ3n) is 2.87. The molecule has 1 aromatic heterocycles. The van der Waals surface area contributed by atoms with Crippen LogP contribution in [0.3, 0.4) is 0 Å². The summed E-state index contributed by atoms with van der Waals surface area (Å²) in [4.78, 5) is 0. The number of fused-ring (bicyclic) bond motifs is 1. The van der Waals surface area contributed by atoms with Gasteiger partial charge in [-0.2, -0.15) is 0 Å². The topological polar surface area (TPSA) is 25.2 Å². The number of hydrogen-bond donors (Lipinski definition) is 1. The van der Waals surface area contributed by atoms with Gasteiger partial charge in [-0.15, -0.1) is 6.58 Å². The number of allylic oxidation sites excluding steroid dienone is 1. The molecule has 2 rings (SSSR count). The van der Waals surface area contributed by atoms with Crippen LogP contribution in [0.25, 0.3) is 0 Å². The average Bonchev–Trinajstić information content (AvgIpc) is 2.49. The number of aliphatic hydroxyl groups is 1. The summed E-state index contributed by atoms with van der Waals surface area (Å²) in [6.45, 7) is 4.55. The van der Waals surface area contributed by atoms with Gasteiger partial charge in [-0.1, -0.05) is 12.5 Å². The molecule has 0 fully saturated rings. The first-order valence-corrected chi connectivity index (χ1v) is 5.29. The Morgan fingerprint density at radius 2 is 2.36 bits per heavy atom. The molecule has 1 unspecified atom stereocenters. The Labute approximate surface area is 84.9 Å². The van der Waals surface area contributed by atoms with E-state index < -0.39 is 0 Å². The van der Waals surface area contributed by atoms with E-state index in [2.05, 4.69) is 23.5 Å². The van der Waals surface area contributed by atoms with Crippen molar-refractivity contribution in [3.63, 3.8) is 0 Å². The maximum Gasteiger partial charge on any atom is 0.0807 e. The van der Waals surface area contributed by atoms with Gasteiger partial charge < -0.3 is 9.67 Å². The molecule has 1 aliphatic rings. The summed E-state index contributed by atoms with van der Waals surface area (Å²) in [5.41, 5.74) is 2.45. The summed E-state index contributed by atoms with van der Waals surface area (Å²) in [5.74, 6) is 0. The van der Waals surface area contributed by atoms with Crippen molar-refractivity contribution in [1.82, 2.24) is 4.57 Å². The molecule has 14 heavy (non-hydrogen) atoms. The van der Waals surface area contributed by atoms with E-state index in [1.54, 1.807) is 0 Å². The lowest BCUT2D eigenvalue weighted by Gasteiger charge is -2.05. The molecule has 1 aliphatic carbocycles. The second kappa shape index (κ2) is 4.01. The van der Waals surface area contributed by atoms with Crippen molar-refractivity contribution >= 4 is 0 Å². The second-order valence-corrected chi connectivity index (χ2v) is 3.99. The Hall–Kier alpha value is -1.02. The summed E-state index contributed by atoms with van der Waals surface area (Å²) in [6.07, 6.45) is 10.2. The first-order chi connectivity index (χ1) is 6.81. The van der Waals surface area contributed by atoms with E-state index in [4.69, 9.17) is 0 Å². The van der Waals surface area contributed by atoms with Gasteiger partial charge in [0.2, 0.25) is 0 Å². The van der Waals surface area contributed by atoms with Gasteiger partial charge in [0.1, 0.15) is 0 Å². The molecule has 2 nitrogen and oxygen atoms in total. The zero-order valence-electron chi connectivity index (χ0n) is 8.45. The molecule has 0 aromatic carbocycles. The molecule has 1 atom stereocenters. The molecule has 0 aliphatic heterocycles. The Morgan fingerprint density at radius 1 is 1.50 bits per heavy atom. The fraction of sp³-hybridized carbons (Fsp3) is 0.500. The van der Waals surface area contributed by atoms with Crippen LogP contribution in [0.2, 0.25) is 0 Å². The molecule has 0 saturated carbocycles. The molecule has 0 bridgehead atoms. The fourth-order valence-corrected chi connectivity index (χ4v) is 2.15. The summed E-state index contributed by atoms with van der Waals surface area (Å²) in [7, 11) is 0. The van der Waals surface area contributed by atoms with E-state index in [1.165, 1.54) is 12.0 Å². The molecule has 1 N–H and O–H groups in total. The summed E-state index contributed by atoms with van der Waals surface area (Å²) >= 11 is 0. The number of hydrogen-bond acceptors (Lipinski definition) is 1. The fourth-order valence-electron chi connectivity index (χ4n) is 2.15. The van der Waals surface area contributed by atoms with E-state index in [1.807, 2.05) is 6.08 Å². The highest BCUT2D eigenvalue weighted by Crippen LogP contribution is 2.29. The van der Waals surface area contributed by atoms with Crippen LogP contribution in [0.15, 0.2) is 25.0 Å². The predicted octanol–water partition coefficient (Wildman–Crippen LogP) is 2.43. The average molecular weight is 191 g/mol. The molecule has 1 aromatic rings. The van der Waals surface area contributed by atoms with Crippen LogP contribution in [0.5, 0.6) is 0 Å². The van der Waals surface area contributed by atoms with Gasteiger partial charge in [0.05, 0.1) is 6.10 Å². The summed E-state index contributed by atoms with van der Waals surface area (Å²) < 4.78 is 2.10. The van der Waals surface area contributed by atoms with E-state index in [0.717, 1.165) is 31.4 Å². The lowest BCUT2D eigenvalue weighted by molar-refractivity contribution is 0.166. The first kappa shape index (κ1) is 9.53. The number of rotatable bonds is 2. The first-order valence-electron chi connectivity index (χ1n) is 5.29. The highest BCUT2D eigenvalue weighted by molar-refractivity contribution is 5.28. The minimum atomic E-state index is -0.251. The van der Waals surface area contributed by atoms with Gasteiger partial charge in [0, 0.05) is 24.5 Å². The normalized spacial score (nSPS) is 21.4. The quantitative estimate of drug-likeness (QED) is 0.563. The van der Waals surface area contributed by atoms with Crippen molar-refractivity contribution < 1.29 is 5.11 Å². The molecular formula is C12H17NO. The molecule has 76 valence electrons. The van der Waals surface area contributed by atoms with Crippen molar-refractivity contribution in [2.45, 2.75) is 38.3 Å². The van der Waals surface area contributed by atoms with Gasteiger partial charge in [-0.3, -0.25) is 0 Å². The Morgan fingerprint density at radius 3 is 3.14 bits per heavy atom. The van der Waals surface area contributed by atoms with Crippen LogP contribution < -0.4 is 0 Å². The zero-order valence-corrected chi connectivity index (χ0v) is 8.45. The van der Waals surface area contributed by atoms with Crippen LogP contribution >= 0.6 is 0 Å². The van der Waals surface area contributed by atoms with Crippen LogP contribution in [-0.2, 0) is 13.0 Å². The van der Waals surface area contributed by atoms with Crippen LogP contribution in [0.4, 0.5) is 0 Å². The molecule has 2 heteroatoms. The molecular weight excluding hydrogens is 174 g/mol. The number of aromatic nitrogens is 1. The maximum absolute atomic E-state index is 9.88. The second-order valence-electron chi connectivity index (χ2n) is 3.99. The van der Waals surface area contributed by atoms with Crippen LogP contribution in [0.1, 0.15) is 36.5 Å². The molecule has 1 heterocycles. The van der Waals surface area contributed by atoms with Crippen molar-refractivity contribution in [3.8, 4) is 0 Å². The third kappa shape index (κ3) is 1.75. The monoisotopic (exact) mass is 191 g/mol. The highest BCUT2D eigenvalue weighted by Gasteiger charge is 2.17. The van der Waals surface area contributed by atoms with Crippen LogP contribution in [0, 0.1) is 0 Å². The van der Waals surface area contributed by atoms with Gasteiger partial charge in [-0.25, -0.2) is 0 Å². The number of aliphatic hydroxyl groups excluding tert-OH is 1. The van der Waals surface area contributed by atoms with Crippen molar-refractivity contribution in [1.29, 1.82) is 0 Å². The Kier molecular flexibility index (Phi) is 2.73. The molecule has 0 radical (unpaired) electrons. The van der Waals surface area contributed by atoms with Crippen molar-refractivity contribution in [2.75, 3.05) is 0 Å². The summed E-state index contributed by atoms with van der Waals surface area (Å²) in [6, 6.07) is 0. The predicted molar refractivity (Wildman–Crippen MR) is 57.1 cm³/mol. The third-order valence-corrected chi connectivity index (χ3v) is 2.87. The van der Waals surface area contributed by atoms with E-state index in [-0.39, 0.29) is 6.10 Å². The highest BCUT2D eigenvalue weighted by atomic mass is 16.3.